The quantitative estimate of drug-likeness (QED) is 0.924. The van der Waals surface area contributed by atoms with Gasteiger partial charge in [0, 0.05) is 36.2 Å². The van der Waals surface area contributed by atoms with Gasteiger partial charge in [-0.25, -0.2) is 4.98 Å². The van der Waals surface area contributed by atoms with Crippen LogP contribution in [0.2, 0.25) is 0 Å². The van der Waals surface area contributed by atoms with E-state index in [1.165, 1.54) is 19.4 Å². The fourth-order valence-corrected chi connectivity index (χ4v) is 3.06. The zero-order valence-electron chi connectivity index (χ0n) is 11.9. The summed E-state index contributed by atoms with van der Waals surface area (Å²) in [6.45, 7) is 5.52. The van der Waals surface area contributed by atoms with Gasteiger partial charge in [-0.2, -0.15) is 0 Å². The van der Waals surface area contributed by atoms with Crippen LogP contribution < -0.4 is 5.73 Å². The molecule has 2 N–H and O–H groups in total. The van der Waals surface area contributed by atoms with Gasteiger partial charge in [0.25, 0.3) is 0 Å². The number of hydrogen-bond donors (Lipinski definition) is 1. The lowest BCUT2D eigenvalue weighted by molar-refractivity contribution is 0.245. The number of nitrogens with zero attached hydrogens (tertiary/aromatic N) is 4. The molecule has 1 unspecified atom stereocenters. The number of pyridine rings is 1. The Labute approximate surface area is 119 Å². The number of rotatable bonds is 4. The predicted molar refractivity (Wildman–Crippen MR) is 80.1 cm³/mol. The van der Waals surface area contributed by atoms with E-state index in [2.05, 4.69) is 26.4 Å². The molecule has 1 aliphatic heterocycles. The molecule has 1 aliphatic rings. The SMILES string of the molecule is CCN1CCCC1Cn1cncc1-c1cnccc1N. The average Bonchev–Trinajstić information content (AvgIpc) is 3.09. The first-order valence-electron chi connectivity index (χ1n) is 7.23. The summed E-state index contributed by atoms with van der Waals surface area (Å²) in [5.41, 5.74) is 8.82. The van der Waals surface area contributed by atoms with Crippen LogP contribution in [0, 0.1) is 0 Å². The van der Waals surface area contributed by atoms with Crippen LogP contribution in [-0.2, 0) is 6.54 Å². The molecule has 2 aromatic rings. The van der Waals surface area contributed by atoms with Crippen LogP contribution in [0.1, 0.15) is 19.8 Å². The zero-order chi connectivity index (χ0) is 13.9. The molecular formula is C15H21N5. The Kier molecular flexibility index (Phi) is 3.69. The molecule has 0 aromatic carbocycles. The van der Waals surface area contributed by atoms with Crippen molar-refractivity contribution in [2.75, 3.05) is 18.8 Å². The van der Waals surface area contributed by atoms with Gasteiger partial charge in [-0.05, 0) is 32.0 Å². The summed E-state index contributed by atoms with van der Waals surface area (Å²) in [6.07, 6.45) is 9.85. The second-order valence-corrected chi connectivity index (χ2v) is 5.32. The number of anilines is 1. The Morgan fingerprint density at radius 2 is 2.25 bits per heavy atom. The lowest BCUT2D eigenvalue weighted by atomic mass is 10.1. The maximum atomic E-state index is 6.05. The van der Waals surface area contributed by atoms with Crippen LogP contribution in [0.3, 0.4) is 0 Å². The van der Waals surface area contributed by atoms with Crippen molar-refractivity contribution in [2.45, 2.75) is 32.4 Å². The first-order valence-corrected chi connectivity index (χ1v) is 7.23. The van der Waals surface area contributed by atoms with Crippen LogP contribution in [0.25, 0.3) is 11.3 Å². The van der Waals surface area contributed by atoms with Gasteiger partial charge in [0.15, 0.2) is 0 Å². The number of nitrogen functional groups attached to an aromatic ring is 1. The van der Waals surface area contributed by atoms with E-state index >= 15 is 0 Å². The molecule has 5 heteroatoms. The molecule has 3 rings (SSSR count). The molecule has 0 saturated carbocycles. The first kappa shape index (κ1) is 13.1. The third-order valence-corrected chi connectivity index (χ3v) is 4.16. The Bertz CT molecular complexity index is 577. The molecule has 0 aliphatic carbocycles. The molecule has 20 heavy (non-hydrogen) atoms. The number of likely N-dealkylation sites (N-methyl/N-ethyl adjacent to an activating group) is 1. The van der Waals surface area contributed by atoms with Gasteiger partial charge >= 0.3 is 0 Å². The maximum Gasteiger partial charge on any atom is 0.0951 e. The summed E-state index contributed by atoms with van der Waals surface area (Å²) in [5, 5.41) is 0. The molecule has 1 saturated heterocycles. The lowest BCUT2D eigenvalue weighted by Crippen LogP contribution is -2.32. The van der Waals surface area contributed by atoms with Gasteiger partial charge in [-0.1, -0.05) is 6.92 Å². The van der Waals surface area contributed by atoms with E-state index in [1.54, 1.807) is 6.20 Å². The molecule has 0 spiro atoms. The molecule has 106 valence electrons. The Balaban J connectivity index is 1.86. The summed E-state index contributed by atoms with van der Waals surface area (Å²) >= 11 is 0. The van der Waals surface area contributed by atoms with E-state index in [4.69, 9.17) is 5.73 Å². The molecule has 1 fully saturated rings. The summed E-state index contributed by atoms with van der Waals surface area (Å²) in [7, 11) is 0. The minimum atomic E-state index is 0.603. The predicted octanol–water partition coefficient (Wildman–Crippen LogP) is 2.01. The molecular weight excluding hydrogens is 250 g/mol. The molecule has 0 bridgehead atoms. The molecule has 5 nitrogen and oxygen atoms in total. The van der Waals surface area contributed by atoms with Crippen molar-refractivity contribution < 1.29 is 0 Å². The van der Waals surface area contributed by atoms with E-state index < -0.39 is 0 Å². The lowest BCUT2D eigenvalue weighted by Gasteiger charge is -2.24. The minimum Gasteiger partial charge on any atom is -0.398 e. The van der Waals surface area contributed by atoms with Gasteiger partial charge in [0.2, 0.25) is 0 Å². The third-order valence-electron chi connectivity index (χ3n) is 4.16. The number of likely N-dealkylation sites (tertiary alicyclic amines) is 1. The van der Waals surface area contributed by atoms with Crippen molar-refractivity contribution in [2.24, 2.45) is 0 Å². The second-order valence-electron chi connectivity index (χ2n) is 5.32. The number of nitrogens with two attached hydrogens (primary N) is 1. The summed E-state index contributed by atoms with van der Waals surface area (Å²) in [5.74, 6) is 0. The normalized spacial score (nSPS) is 19.6. The number of imidazole rings is 1. The smallest absolute Gasteiger partial charge is 0.0951 e. The highest BCUT2D eigenvalue weighted by molar-refractivity contribution is 5.72. The van der Waals surface area contributed by atoms with Gasteiger partial charge in [0.05, 0.1) is 18.2 Å². The molecule has 0 radical (unpaired) electrons. The van der Waals surface area contributed by atoms with E-state index in [0.29, 0.717) is 6.04 Å². The van der Waals surface area contributed by atoms with Crippen LogP contribution in [0.4, 0.5) is 5.69 Å². The van der Waals surface area contributed by atoms with Crippen molar-refractivity contribution in [1.29, 1.82) is 0 Å². The number of hydrogen-bond acceptors (Lipinski definition) is 4. The van der Waals surface area contributed by atoms with Crippen LogP contribution in [0.5, 0.6) is 0 Å². The monoisotopic (exact) mass is 271 g/mol. The summed E-state index contributed by atoms with van der Waals surface area (Å²) in [6, 6.07) is 2.44. The van der Waals surface area contributed by atoms with Crippen molar-refractivity contribution in [1.82, 2.24) is 19.4 Å². The fourth-order valence-electron chi connectivity index (χ4n) is 3.06. The number of aromatic nitrogens is 3. The standard InChI is InChI=1S/C15H21N5/c1-2-19-7-3-4-12(19)10-20-11-18-9-15(20)13-8-17-6-5-14(13)16/h5-6,8-9,11-12H,2-4,7,10H2,1H3,(H2,16,17). The zero-order valence-corrected chi connectivity index (χ0v) is 11.9. The summed E-state index contributed by atoms with van der Waals surface area (Å²) in [4.78, 5) is 11.0. The van der Waals surface area contributed by atoms with E-state index in [0.717, 1.165) is 30.0 Å². The topological polar surface area (TPSA) is 60.0 Å². The minimum absolute atomic E-state index is 0.603. The highest BCUT2D eigenvalue weighted by atomic mass is 15.2. The Morgan fingerprint density at radius 1 is 1.35 bits per heavy atom. The summed E-state index contributed by atoms with van der Waals surface area (Å²) < 4.78 is 2.20. The van der Waals surface area contributed by atoms with E-state index in [9.17, 15) is 0 Å². The van der Waals surface area contributed by atoms with E-state index in [-0.39, 0.29) is 0 Å². The third kappa shape index (κ3) is 2.41. The first-order chi connectivity index (χ1) is 9.79. The van der Waals surface area contributed by atoms with Crippen LogP contribution in [0.15, 0.2) is 31.0 Å². The van der Waals surface area contributed by atoms with Gasteiger partial charge in [-0.3, -0.25) is 9.88 Å². The average molecular weight is 271 g/mol. The molecule has 3 heterocycles. The van der Waals surface area contributed by atoms with Crippen molar-refractivity contribution >= 4 is 5.69 Å². The second kappa shape index (κ2) is 5.63. The molecule has 0 amide bonds. The van der Waals surface area contributed by atoms with Gasteiger partial charge < -0.3 is 10.3 Å². The highest BCUT2D eigenvalue weighted by Crippen LogP contribution is 2.26. The fraction of sp³-hybridized carbons (Fsp3) is 0.467. The van der Waals surface area contributed by atoms with Crippen LogP contribution >= 0.6 is 0 Å². The van der Waals surface area contributed by atoms with Crippen molar-refractivity contribution in [3.8, 4) is 11.3 Å². The van der Waals surface area contributed by atoms with Crippen molar-refractivity contribution in [3.63, 3.8) is 0 Å². The molecule has 1 atom stereocenters. The largest absolute Gasteiger partial charge is 0.398 e. The van der Waals surface area contributed by atoms with Gasteiger partial charge in [-0.15, -0.1) is 0 Å². The van der Waals surface area contributed by atoms with E-state index in [1.807, 2.05) is 24.8 Å². The van der Waals surface area contributed by atoms with Gasteiger partial charge in [0.1, 0.15) is 0 Å². The Morgan fingerprint density at radius 3 is 3.05 bits per heavy atom. The van der Waals surface area contributed by atoms with Crippen molar-refractivity contribution in [3.05, 3.63) is 31.0 Å². The Hall–Kier alpha value is -1.88. The molecule has 2 aromatic heterocycles. The maximum absolute atomic E-state index is 6.05. The highest BCUT2D eigenvalue weighted by Gasteiger charge is 2.24. The van der Waals surface area contributed by atoms with Crippen LogP contribution in [-0.4, -0.2) is 38.6 Å².